The van der Waals surface area contributed by atoms with E-state index in [9.17, 15) is 5.11 Å². The van der Waals surface area contributed by atoms with Crippen LogP contribution in [0.15, 0.2) is 0 Å². The maximum atomic E-state index is 9.18. The molecule has 0 spiro atoms. The van der Waals surface area contributed by atoms with E-state index in [4.69, 9.17) is 10.2 Å². The first-order valence-electron chi connectivity index (χ1n) is 3.60. The summed E-state index contributed by atoms with van der Waals surface area (Å²) in [6, 6.07) is 0. The molecule has 0 aromatic carbocycles. The average molecular weight is 148 g/mol. The molecule has 0 rings (SSSR count). The summed E-state index contributed by atoms with van der Waals surface area (Å²) in [4.78, 5) is 0. The minimum atomic E-state index is -0.796. The van der Waals surface area contributed by atoms with Crippen LogP contribution in [0, 0.1) is 5.92 Å². The number of hydrogen-bond donors (Lipinski definition) is 3. The van der Waals surface area contributed by atoms with Crippen molar-refractivity contribution in [1.82, 2.24) is 0 Å². The van der Waals surface area contributed by atoms with Gasteiger partial charge in [0.2, 0.25) is 0 Å². The molecule has 62 valence electrons. The molecule has 0 saturated carbocycles. The van der Waals surface area contributed by atoms with E-state index in [1.54, 1.807) is 13.8 Å². The Balaban J connectivity index is 3.69. The van der Waals surface area contributed by atoms with E-state index < -0.39 is 12.2 Å². The van der Waals surface area contributed by atoms with Gasteiger partial charge in [0.25, 0.3) is 0 Å². The summed E-state index contributed by atoms with van der Waals surface area (Å²) in [5.74, 6) is -0.241. The first kappa shape index (κ1) is 9.88. The van der Waals surface area contributed by atoms with Gasteiger partial charge in [-0.15, -0.1) is 0 Å². The Morgan fingerprint density at radius 1 is 1.30 bits per heavy atom. The lowest BCUT2D eigenvalue weighted by Crippen LogP contribution is -2.33. The van der Waals surface area contributed by atoms with Gasteiger partial charge in [-0.05, 0) is 6.42 Å². The third-order valence-corrected chi connectivity index (χ3v) is 1.68. The van der Waals surface area contributed by atoms with Crippen LogP contribution in [0.5, 0.6) is 0 Å². The number of aliphatic hydroxyl groups is 3. The highest BCUT2D eigenvalue weighted by molar-refractivity contribution is 4.70. The van der Waals surface area contributed by atoms with Crippen LogP contribution in [0.25, 0.3) is 0 Å². The Kier molecular flexibility index (Phi) is 4.60. The SMILES string of the molecule is CC[C@@H](O)C(O)C(C)CO. The quantitative estimate of drug-likeness (QED) is 0.515. The second-order valence-corrected chi connectivity index (χ2v) is 2.63. The lowest BCUT2D eigenvalue weighted by molar-refractivity contribution is -0.0278. The van der Waals surface area contributed by atoms with E-state index in [1.165, 1.54) is 0 Å². The molecule has 0 aliphatic heterocycles. The van der Waals surface area contributed by atoms with Crippen LogP contribution < -0.4 is 0 Å². The molecule has 0 radical (unpaired) electrons. The summed E-state index contributed by atoms with van der Waals surface area (Å²) in [6.45, 7) is 3.40. The van der Waals surface area contributed by atoms with Crippen molar-refractivity contribution in [3.63, 3.8) is 0 Å². The highest BCUT2D eigenvalue weighted by Gasteiger charge is 2.20. The molecular formula is C7H16O3. The summed E-state index contributed by atoms with van der Waals surface area (Å²) in [5, 5.41) is 26.8. The summed E-state index contributed by atoms with van der Waals surface area (Å²) in [5.41, 5.74) is 0. The van der Waals surface area contributed by atoms with Gasteiger partial charge in [-0.25, -0.2) is 0 Å². The van der Waals surface area contributed by atoms with Crippen molar-refractivity contribution < 1.29 is 15.3 Å². The zero-order valence-electron chi connectivity index (χ0n) is 6.49. The molecule has 0 aliphatic carbocycles. The van der Waals surface area contributed by atoms with Crippen LogP contribution in [0.2, 0.25) is 0 Å². The molecule has 3 atom stereocenters. The minimum absolute atomic E-state index is 0.0851. The normalized spacial score (nSPS) is 20.1. The highest BCUT2D eigenvalue weighted by atomic mass is 16.3. The van der Waals surface area contributed by atoms with Crippen LogP contribution in [-0.2, 0) is 0 Å². The number of hydrogen-bond acceptors (Lipinski definition) is 3. The van der Waals surface area contributed by atoms with Gasteiger partial charge in [0, 0.05) is 12.5 Å². The summed E-state index contributed by atoms with van der Waals surface area (Å²) in [7, 11) is 0. The molecule has 3 heteroatoms. The fraction of sp³-hybridized carbons (Fsp3) is 1.00. The molecule has 3 nitrogen and oxygen atoms in total. The lowest BCUT2D eigenvalue weighted by atomic mass is 9.99. The molecule has 0 amide bonds. The molecule has 0 aromatic rings. The Morgan fingerprint density at radius 2 is 1.80 bits per heavy atom. The summed E-state index contributed by atoms with van der Waals surface area (Å²) >= 11 is 0. The zero-order chi connectivity index (χ0) is 8.15. The topological polar surface area (TPSA) is 60.7 Å². The van der Waals surface area contributed by atoms with Crippen molar-refractivity contribution >= 4 is 0 Å². The standard InChI is InChI=1S/C7H16O3/c1-3-6(9)7(10)5(2)4-8/h5-10H,3-4H2,1-2H3/t5?,6-,7?/m1/s1. The van der Waals surface area contributed by atoms with Gasteiger partial charge in [-0.3, -0.25) is 0 Å². The number of rotatable bonds is 4. The van der Waals surface area contributed by atoms with Crippen LogP contribution in [0.1, 0.15) is 20.3 Å². The molecule has 0 aliphatic rings. The molecule has 0 heterocycles. The van der Waals surface area contributed by atoms with E-state index in [0.29, 0.717) is 6.42 Å². The maximum Gasteiger partial charge on any atom is 0.0846 e. The first-order valence-corrected chi connectivity index (χ1v) is 3.60. The zero-order valence-corrected chi connectivity index (χ0v) is 6.49. The Hall–Kier alpha value is -0.120. The molecule has 0 aromatic heterocycles. The van der Waals surface area contributed by atoms with Gasteiger partial charge in [0.15, 0.2) is 0 Å². The van der Waals surface area contributed by atoms with Gasteiger partial charge in [0.1, 0.15) is 0 Å². The van der Waals surface area contributed by atoms with Gasteiger partial charge in [-0.1, -0.05) is 13.8 Å². The van der Waals surface area contributed by atoms with Crippen molar-refractivity contribution in [1.29, 1.82) is 0 Å². The monoisotopic (exact) mass is 148 g/mol. The second kappa shape index (κ2) is 4.66. The van der Waals surface area contributed by atoms with Crippen molar-refractivity contribution in [2.45, 2.75) is 32.5 Å². The third kappa shape index (κ3) is 2.64. The molecular weight excluding hydrogens is 132 g/mol. The van der Waals surface area contributed by atoms with E-state index in [1.807, 2.05) is 0 Å². The van der Waals surface area contributed by atoms with Crippen molar-refractivity contribution in [3.05, 3.63) is 0 Å². The molecule has 0 bridgehead atoms. The maximum absolute atomic E-state index is 9.18. The van der Waals surface area contributed by atoms with Crippen molar-refractivity contribution in [2.24, 2.45) is 5.92 Å². The lowest BCUT2D eigenvalue weighted by Gasteiger charge is -2.20. The van der Waals surface area contributed by atoms with E-state index in [-0.39, 0.29) is 12.5 Å². The van der Waals surface area contributed by atoms with Crippen LogP contribution in [0.4, 0.5) is 0 Å². The fourth-order valence-electron chi connectivity index (χ4n) is 0.729. The predicted molar refractivity (Wildman–Crippen MR) is 38.6 cm³/mol. The van der Waals surface area contributed by atoms with Crippen LogP contribution >= 0.6 is 0 Å². The van der Waals surface area contributed by atoms with Gasteiger partial charge < -0.3 is 15.3 Å². The van der Waals surface area contributed by atoms with E-state index in [0.717, 1.165) is 0 Å². The van der Waals surface area contributed by atoms with Gasteiger partial charge >= 0.3 is 0 Å². The molecule has 0 saturated heterocycles. The molecule has 3 N–H and O–H groups in total. The van der Waals surface area contributed by atoms with E-state index in [2.05, 4.69) is 0 Å². The Morgan fingerprint density at radius 3 is 2.10 bits per heavy atom. The number of aliphatic hydroxyl groups excluding tert-OH is 3. The Bertz CT molecular complexity index is 74.9. The smallest absolute Gasteiger partial charge is 0.0846 e. The molecule has 0 fully saturated rings. The van der Waals surface area contributed by atoms with Crippen LogP contribution in [-0.4, -0.2) is 34.1 Å². The summed E-state index contributed by atoms with van der Waals surface area (Å²) in [6.07, 6.45) is -0.983. The highest BCUT2D eigenvalue weighted by Crippen LogP contribution is 2.08. The summed E-state index contributed by atoms with van der Waals surface area (Å²) < 4.78 is 0. The predicted octanol–water partition coefficient (Wildman–Crippen LogP) is -0.253. The fourth-order valence-corrected chi connectivity index (χ4v) is 0.729. The average Bonchev–Trinajstić information content (AvgIpc) is 2.00. The van der Waals surface area contributed by atoms with Crippen LogP contribution in [0.3, 0.4) is 0 Å². The minimum Gasteiger partial charge on any atom is -0.396 e. The van der Waals surface area contributed by atoms with Crippen molar-refractivity contribution in [2.75, 3.05) is 6.61 Å². The van der Waals surface area contributed by atoms with Crippen molar-refractivity contribution in [3.8, 4) is 0 Å². The first-order chi connectivity index (χ1) is 4.63. The Labute approximate surface area is 61.3 Å². The molecule has 10 heavy (non-hydrogen) atoms. The largest absolute Gasteiger partial charge is 0.396 e. The molecule has 2 unspecified atom stereocenters. The third-order valence-electron chi connectivity index (χ3n) is 1.68. The van der Waals surface area contributed by atoms with Gasteiger partial charge in [0.05, 0.1) is 12.2 Å². The van der Waals surface area contributed by atoms with Gasteiger partial charge in [-0.2, -0.15) is 0 Å². The van der Waals surface area contributed by atoms with E-state index >= 15 is 0 Å². The second-order valence-electron chi connectivity index (χ2n) is 2.63.